The number of hydrogen-bond donors (Lipinski definition) is 2. The minimum atomic E-state index is -0.0275. The van der Waals surface area contributed by atoms with Crippen molar-refractivity contribution in [1.82, 2.24) is 24.5 Å². The van der Waals surface area contributed by atoms with Gasteiger partial charge < -0.3 is 11.1 Å². The fourth-order valence-electron chi connectivity index (χ4n) is 3.18. The van der Waals surface area contributed by atoms with Crippen LogP contribution in [0.2, 0.25) is 0 Å². The summed E-state index contributed by atoms with van der Waals surface area (Å²) in [4.78, 5) is 30.8. The summed E-state index contributed by atoms with van der Waals surface area (Å²) in [5.41, 5.74) is 7.42. The topological polar surface area (TPSA) is 112 Å². The first-order valence-electron chi connectivity index (χ1n) is 10.4. The predicted octanol–water partition coefficient (Wildman–Crippen LogP) is 4.25. The number of rotatable bonds is 8. The Bertz CT molecular complexity index is 1270. The second kappa shape index (κ2) is 9.78. The lowest BCUT2D eigenvalue weighted by Crippen LogP contribution is -2.24. The number of hydrogen-bond acceptors (Lipinski definition) is 8. The van der Waals surface area contributed by atoms with Gasteiger partial charge in [-0.25, -0.2) is 4.98 Å². The zero-order valence-corrected chi connectivity index (χ0v) is 18.8. The smallest absolute Gasteiger partial charge is 0.262 e. The second-order valence-electron chi connectivity index (χ2n) is 7.76. The largest absolute Gasteiger partial charge is 0.368 e. The summed E-state index contributed by atoms with van der Waals surface area (Å²) >= 11 is 1.42. The number of nitrogens with two attached hydrogens (primary N) is 1. The van der Waals surface area contributed by atoms with Crippen LogP contribution in [-0.4, -0.2) is 24.5 Å². The van der Waals surface area contributed by atoms with E-state index in [0.717, 1.165) is 12.1 Å². The van der Waals surface area contributed by atoms with E-state index in [1.54, 1.807) is 4.57 Å². The summed E-state index contributed by atoms with van der Waals surface area (Å²) in [6.45, 7) is 4.89. The molecule has 0 saturated carbocycles. The van der Waals surface area contributed by atoms with E-state index in [4.69, 9.17) is 10.7 Å². The van der Waals surface area contributed by atoms with Crippen molar-refractivity contribution in [2.75, 3.05) is 11.1 Å². The van der Waals surface area contributed by atoms with Gasteiger partial charge in [-0.05, 0) is 36.6 Å². The number of para-hydroxylation sites is 2. The molecule has 0 aliphatic heterocycles. The van der Waals surface area contributed by atoms with E-state index >= 15 is 0 Å². The number of aromatic nitrogens is 5. The summed E-state index contributed by atoms with van der Waals surface area (Å²) in [6, 6.07) is 17.0. The quantitative estimate of drug-likeness (QED) is 0.305. The van der Waals surface area contributed by atoms with Crippen molar-refractivity contribution in [3.05, 3.63) is 70.8 Å². The number of benzene rings is 2. The number of fused-ring (bicyclic) bond motifs is 1. The van der Waals surface area contributed by atoms with Crippen LogP contribution in [0.25, 0.3) is 10.9 Å². The summed E-state index contributed by atoms with van der Waals surface area (Å²) in [5.74, 6) is 1.91. The molecule has 0 aliphatic carbocycles. The van der Waals surface area contributed by atoms with E-state index in [1.165, 1.54) is 11.8 Å². The lowest BCUT2D eigenvalue weighted by Gasteiger charge is -2.14. The third-order valence-electron chi connectivity index (χ3n) is 4.82. The molecule has 164 valence electrons. The molecule has 0 radical (unpaired) electrons. The van der Waals surface area contributed by atoms with E-state index in [0.29, 0.717) is 46.0 Å². The molecule has 0 amide bonds. The molecule has 0 atom stereocenters. The highest BCUT2D eigenvalue weighted by molar-refractivity contribution is 7.98. The Kier molecular flexibility index (Phi) is 6.65. The van der Waals surface area contributed by atoms with Crippen molar-refractivity contribution in [2.24, 2.45) is 5.92 Å². The van der Waals surface area contributed by atoms with Crippen molar-refractivity contribution in [3.63, 3.8) is 0 Å². The number of nitrogen functional groups attached to an aromatic ring is 1. The molecule has 2 aromatic carbocycles. The maximum atomic E-state index is 13.1. The molecule has 8 nitrogen and oxygen atoms in total. The summed E-state index contributed by atoms with van der Waals surface area (Å²) in [5, 5.41) is 4.41. The molecule has 32 heavy (non-hydrogen) atoms. The molecule has 0 fully saturated rings. The van der Waals surface area contributed by atoms with Gasteiger partial charge in [0.05, 0.1) is 16.7 Å². The Morgan fingerprint density at radius 3 is 2.53 bits per heavy atom. The second-order valence-corrected chi connectivity index (χ2v) is 8.71. The molecule has 0 bridgehead atoms. The van der Waals surface area contributed by atoms with Crippen LogP contribution in [0, 0.1) is 5.92 Å². The van der Waals surface area contributed by atoms with Crippen molar-refractivity contribution < 1.29 is 0 Å². The van der Waals surface area contributed by atoms with Gasteiger partial charge in [-0.1, -0.05) is 55.9 Å². The minimum Gasteiger partial charge on any atom is -0.368 e. The molecule has 2 heterocycles. The minimum absolute atomic E-state index is 0.0275. The van der Waals surface area contributed by atoms with Gasteiger partial charge in [-0.2, -0.15) is 15.0 Å². The van der Waals surface area contributed by atoms with Crippen molar-refractivity contribution in [3.8, 4) is 0 Å². The van der Waals surface area contributed by atoms with Gasteiger partial charge in [0.25, 0.3) is 5.56 Å². The average molecular weight is 448 g/mol. The first-order chi connectivity index (χ1) is 15.5. The van der Waals surface area contributed by atoms with Crippen LogP contribution >= 0.6 is 11.8 Å². The van der Waals surface area contributed by atoms with Gasteiger partial charge in [0.2, 0.25) is 11.9 Å². The van der Waals surface area contributed by atoms with Crippen molar-refractivity contribution in [1.29, 1.82) is 0 Å². The van der Waals surface area contributed by atoms with Crippen LogP contribution in [-0.2, 0) is 12.3 Å². The average Bonchev–Trinajstić information content (AvgIpc) is 2.77. The molecule has 0 aliphatic rings. The van der Waals surface area contributed by atoms with Gasteiger partial charge in [-0.3, -0.25) is 9.36 Å². The zero-order chi connectivity index (χ0) is 22.5. The fraction of sp³-hybridized carbons (Fsp3) is 0.261. The van der Waals surface area contributed by atoms with Gasteiger partial charge in [0, 0.05) is 12.2 Å². The fourth-order valence-corrected chi connectivity index (χ4v) is 4.06. The molecule has 4 rings (SSSR count). The zero-order valence-electron chi connectivity index (χ0n) is 18.0. The van der Waals surface area contributed by atoms with Crippen LogP contribution in [0.15, 0.2) is 64.5 Å². The van der Waals surface area contributed by atoms with Gasteiger partial charge in [-0.15, -0.1) is 0 Å². The molecule has 9 heteroatoms. The summed E-state index contributed by atoms with van der Waals surface area (Å²) < 4.78 is 1.75. The normalized spacial score (nSPS) is 11.2. The molecule has 4 aromatic rings. The number of anilines is 3. The lowest BCUT2D eigenvalue weighted by molar-refractivity contribution is 0.481. The maximum absolute atomic E-state index is 13.1. The van der Waals surface area contributed by atoms with Gasteiger partial charge >= 0.3 is 0 Å². The summed E-state index contributed by atoms with van der Waals surface area (Å²) in [7, 11) is 0. The van der Waals surface area contributed by atoms with Crippen LogP contribution < -0.4 is 16.6 Å². The maximum Gasteiger partial charge on any atom is 0.262 e. The highest BCUT2D eigenvalue weighted by atomic mass is 32.2. The van der Waals surface area contributed by atoms with E-state index < -0.39 is 0 Å². The van der Waals surface area contributed by atoms with Gasteiger partial charge in [0.15, 0.2) is 5.16 Å². The molecule has 3 N–H and O–H groups in total. The van der Waals surface area contributed by atoms with Crippen LogP contribution in [0.4, 0.5) is 17.6 Å². The van der Waals surface area contributed by atoms with E-state index in [1.807, 2.05) is 54.6 Å². The van der Waals surface area contributed by atoms with E-state index in [2.05, 4.69) is 34.1 Å². The predicted molar refractivity (Wildman–Crippen MR) is 129 cm³/mol. The first-order valence-corrected chi connectivity index (χ1v) is 11.4. The lowest BCUT2D eigenvalue weighted by atomic mass is 10.1. The molecule has 2 aromatic heterocycles. The van der Waals surface area contributed by atoms with Crippen molar-refractivity contribution >= 4 is 40.2 Å². The third-order valence-corrected chi connectivity index (χ3v) is 5.79. The Morgan fingerprint density at radius 1 is 1.00 bits per heavy atom. The monoisotopic (exact) mass is 447 g/mol. The van der Waals surface area contributed by atoms with Crippen LogP contribution in [0.5, 0.6) is 0 Å². The Balaban J connectivity index is 1.61. The number of thioether (sulfide) groups is 1. The number of nitrogens with one attached hydrogen (secondary N) is 1. The molecular weight excluding hydrogens is 422 g/mol. The molecule has 0 spiro atoms. The Hall–Kier alpha value is -3.46. The molecule has 0 unspecified atom stereocenters. The molecule has 0 saturated heterocycles. The standard InChI is InChI=1S/C23H25N7OS/c1-15(2)12-13-30-20(31)17-10-6-7-11-18(17)26-23(30)32-14-19-27-21(24)29-22(28-19)25-16-8-4-3-5-9-16/h3-11,15H,12-14H2,1-2H3,(H3,24,25,27,28,29). The Morgan fingerprint density at radius 2 is 1.75 bits per heavy atom. The van der Waals surface area contributed by atoms with Crippen LogP contribution in [0.3, 0.4) is 0 Å². The Labute approximate surface area is 190 Å². The SMILES string of the molecule is CC(C)CCn1c(SCc2nc(N)nc(Nc3ccccc3)n2)nc2ccccc2c1=O. The highest BCUT2D eigenvalue weighted by Gasteiger charge is 2.14. The van der Waals surface area contributed by atoms with E-state index in [-0.39, 0.29) is 11.5 Å². The first kappa shape index (κ1) is 21.8. The molecular formula is C23H25N7OS. The van der Waals surface area contributed by atoms with Crippen molar-refractivity contribution in [2.45, 2.75) is 37.7 Å². The van der Waals surface area contributed by atoms with Crippen LogP contribution in [0.1, 0.15) is 26.1 Å². The highest BCUT2D eigenvalue weighted by Crippen LogP contribution is 2.23. The summed E-state index contributed by atoms with van der Waals surface area (Å²) in [6.07, 6.45) is 0.886. The van der Waals surface area contributed by atoms with Gasteiger partial charge in [0.1, 0.15) is 5.82 Å². The third kappa shape index (κ3) is 5.23. The number of nitrogens with zero attached hydrogens (tertiary/aromatic N) is 5. The van der Waals surface area contributed by atoms with E-state index in [9.17, 15) is 4.79 Å².